The van der Waals surface area contributed by atoms with Gasteiger partial charge in [0.25, 0.3) is 0 Å². The summed E-state index contributed by atoms with van der Waals surface area (Å²) in [5.74, 6) is 0.580. The molecule has 0 amide bonds. The van der Waals surface area contributed by atoms with Crippen LogP contribution in [0.25, 0.3) is 5.65 Å². The number of nitrogens with two attached hydrogens (primary N) is 1. The summed E-state index contributed by atoms with van der Waals surface area (Å²) < 4.78 is 1.70. The highest BCUT2D eigenvalue weighted by molar-refractivity contribution is 5.58. The molecular formula is C8H10N4. The van der Waals surface area contributed by atoms with Crippen molar-refractivity contribution >= 4 is 11.5 Å². The first-order chi connectivity index (χ1) is 5.83. The first-order valence-electron chi connectivity index (χ1n) is 3.90. The van der Waals surface area contributed by atoms with Gasteiger partial charge in [-0.1, -0.05) is 6.92 Å². The van der Waals surface area contributed by atoms with Gasteiger partial charge in [-0.25, -0.2) is 9.50 Å². The van der Waals surface area contributed by atoms with E-state index in [1.807, 2.05) is 19.2 Å². The van der Waals surface area contributed by atoms with Gasteiger partial charge in [0.2, 0.25) is 0 Å². The highest BCUT2D eigenvalue weighted by Crippen LogP contribution is 2.14. The van der Waals surface area contributed by atoms with Crippen molar-refractivity contribution in [1.29, 1.82) is 0 Å². The maximum absolute atomic E-state index is 5.69. The van der Waals surface area contributed by atoms with Crippen LogP contribution in [0.4, 0.5) is 5.82 Å². The number of nitrogen functional groups attached to an aromatic ring is 1. The quantitative estimate of drug-likeness (QED) is 0.677. The lowest BCUT2D eigenvalue weighted by Gasteiger charge is -1.91. The molecule has 0 saturated carbocycles. The minimum Gasteiger partial charge on any atom is -0.382 e. The fraction of sp³-hybridized carbons (Fsp3) is 0.250. The summed E-state index contributed by atoms with van der Waals surface area (Å²) in [6.45, 7) is 2.04. The molecule has 0 fully saturated rings. The minimum absolute atomic E-state index is 0.580. The molecule has 0 aliphatic rings. The van der Waals surface area contributed by atoms with Gasteiger partial charge in [-0.05, 0) is 12.5 Å². The zero-order chi connectivity index (χ0) is 8.55. The van der Waals surface area contributed by atoms with Gasteiger partial charge in [0, 0.05) is 18.0 Å². The Labute approximate surface area is 70.0 Å². The number of hydrogen-bond acceptors (Lipinski definition) is 3. The molecule has 0 spiro atoms. The zero-order valence-electron chi connectivity index (χ0n) is 6.86. The summed E-state index contributed by atoms with van der Waals surface area (Å²) in [5.41, 5.74) is 7.57. The number of anilines is 1. The third-order valence-corrected chi connectivity index (χ3v) is 1.88. The number of aromatic nitrogens is 3. The van der Waals surface area contributed by atoms with E-state index < -0.39 is 0 Å². The standard InChI is InChI=1S/C8H10N4/c1-2-6-7(9)11-12-5-3-4-10-8(6)12/h3-5H,2H2,1H3,(H2,9,11). The number of aryl methyl sites for hydroxylation is 1. The summed E-state index contributed by atoms with van der Waals surface area (Å²) >= 11 is 0. The Morgan fingerprint density at radius 3 is 3.17 bits per heavy atom. The molecule has 62 valence electrons. The monoisotopic (exact) mass is 162 g/mol. The van der Waals surface area contributed by atoms with Crippen molar-refractivity contribution in [2.24, 2.45) is 0 Å². The number of rotatable bonds is 1. The molecule has 0 atom stereocenters. The fourth-order valence-electron chi connectivity index (χ4n) is 1.29. The Hall–Kier alpha value is -1.58. The molecular weight excluding hydrogens is 152 g/mol. The molecule has 0 aliphatic carbocycles. The van der Waals surface area contributed by atoms with Gasteiger partial charge in [0.05, 0.1) is 0 Å². The van der Waals surface area contributed by atoms with E-state index in [9.17, 15) is 0 Å². The predicted molar refractivity (Wildman–Crippen MR) is 46.8 cm³/mol. The van der Waals surface area contributed by atoms with Crippen LogP contribution in [0.3, 0.4) is 0 Å². The first-order valence-corrected chi connectivity index (χ1v) is 3.90. The minimum atomic E-state index is 0.580. The number of nitrogens with zero attached hydrogens (tertiary/aromatic N) is 3. The van der Waals surface area contributed by atoms with E-state index in [2.05, 4.69) is 10.1 Å². The van der Waals surface area contributed by atoms with E-state index >= 15 is 0 Å². The van der Waals surface area contributed by atoms with Crippen LogP contribution >= 0.6 is 0 Å². The van der Waals surface area contributed by atoms with Crippen molar-refractivity contribution in [2.75, 3.05) is 5.73 Å². The lowest BCUT2D eigenvalue weighted by Crippen LogP contribution is -1.89. The van der Waals surface area contributed by atoms with Gasteiger partial charge in [0.1, 0.15) is 0 Å². The van der Waals surface area contributed by atoms with Crippen LogP contribution in [0.5, 0.6) is 0 Å². The van der Waals surface area contributed by atoms with E-state index in [-0.39, 0.29) is 0 Å². The molecule has 2 rings (SSSR count). The van der Waals surface area contributed by atoms with Gasteiger partial charge >= 0.3 is 0 Å². The Morgan fingerprint density at radius 1 is 1.58 bits per heavy atom. The van der Waals surface area contributed by atoms with Gasteiger partial charge in [-0.2, -0.15) is 0 Å². The van der Waals surface area contributed by atoms with Crippen molar-refractivity contribution in [2.45, 2.75) is 13.3 Å². The van der Waals surface area contributed by atoms with Crippen LogP contribution in [0.15, 0.2) is 18.5 Å². The van der Waals surface area contributed by atoms with Crippen LogP contribution in [0.2, 0.25) is 0 Å². The van der Waals surface area contributed by atoms with E-state index in [0.29, 0.717) is 5.82 Å². The highest BCUT2D eigenvalue weighted by atomic mass is 15.3. The smallest absolute Gasteiger partial charge is 0.160 e. The summed E-state index contributed by atoms with van der Waals surface area (Å²) in [4.78, 5) is 4.19. The molecule has 0 aliphatic heterocycles. The fourth-order valence-corrected chi connectivity index (χ4v) is 1.29. The Morgan fingerprint density at radius 2 is 2.42 bits per heavy atom. The summed E-state index contributed by atoms with van der Waals surface area (Å²) in [6, 6.07) is 1.83. The van der Waals surface area contributed by atoms with Gasteiger partial charge < -0.3 is 5.73 Å². The molecule has 0 aromatic carbocycles. The van der Waals surface area contributed by atoms with Crippen LogP contribution in [0, 0.1) is 0 Å². The molecule has 4 heteroatoms. The van der Waals surface area contributed by atoms with Gasteiger partial charge in [-0.15, -0.1) is 5.10 Å². The average Bonchev–Trinajstić information content (AvgIpc) is 2.40. The highest BCUT2D eigenvalue weighted by Gasteiger charge is 2.07. The molecule has 2 heterocycles. The van der Waals surface area contributed by atoms with Gasteiger partial charge in [0.15, 0.2) is 11.5 Å². The number of hydrogen-bond donors (Lipinski definition) is 1. The van der Waals surface area contributed by atoms with Crippen LogP contribution in [0.1, 0.15) is 12.5 Å². The maximum Gasteiger partial charge on any atom is 0.160 e. The van der Waals surface area contributed by atoms with Crippen molar-refractivity contribution in [3.05, 3.63) is 24.0 Å². The van der Waals surface area contributed by atoms with E-state index in [0.717, 1.165) is 17.6 Å². The van der Waals surface area contributed by atoms with Crippen molar-refractivity contribution in [3.63, 3.8) is 0 Å². The molecule has 2 N–H and O–H groups in total. The second-order valence-electron chi connectivity index (χ2n) is 2.61. The van der Waals surface area contributed by atoms with E-state index in [1.165, 1.54) is 0 Å². The average molecular weight is 162 g/mol. The zero-order valence-corrected chi connectivity index (χ0v) is 6.86. The summed E-state index contributed by atoms with van der Waals surface area (Å²) in [5, 5.41) is 4.12. The Kier molecular flexibility index (Phi) is 1.46. The molecule has 2 aromatic rings. The lowest BCUT2D eigenvalue weighted by molar-refractivity contribution is 0.944. The summed E-state index contributed by atoms with van der Waals surface area (Å²) in [6.07, 6.45) is 4.46. The third kappa shape index (κ3) is 0.845. The summed E-state index contributed by atoms with van der Waals surface area (Å²) in [7, 11) is 0. The molecule has 4 nitrogen and oxygen atoms in total. The van der Waals surface area contributed by atoms with Crippen molar-refractivity contribution < 1.29 is 0 Å². The molecule has 2 aromatic heterocycles. The topological polar surface area (TPSA) is 56.2 Å². The first kappa shape index (κ1) is 7.09. The SMILES string of the molecule is CCc1c(N)nn2cccnc12. The molecule has 0 saturated heterocycles. The Bertz CT molecular complexity index is 404. The van der Waals surface area contributed by atoms with Crippen molar-refractivity contribution in [3.8, 4) is 0 Å². The maximum atomic E-state index is 5.69. The third-order valence-electron chi connectivity index (χ3n) is 1.88. The van der Waals surface area contributed by atoms with E-state index in [1.54, 1.807) is 10.7 Å². The van der Waals surface area contributed by atoms with E-state index in [4.69, 9.17) is 5.73 Å². The number of fused-ring (bicyclic) bond motifs is 1. The molecule has 0 bridgehead atoms. The van der Waals surface area contributed by atoms with Crippen LogP contribution in [-0.4, -0.2) is 14.6 Å². The lowest BCUT2D eigenvalue weighted by atomic mass is 10.2. The normalized spacial score (nSPS) is 10.8. The van der Waals surface area contributed by atoms with Crippen molar-refractivity contribution in [1.82, 2.24) is 14.6 Å². The molecule has 0 radical (unpaired) electrons. The predicted octanol–water partition coefficient (Wildman–Crippen LogP) is 0.874. The van der Waals surface area contributed by atoms with Crippen LogP contribution in [-0.2, 0) is 6.42 Å². The second kappa shape index (κ2) is 2.48. The Balaban J connectivity index is 2.81. The van der Waals surface area contributed by atoms with Crippen LogP contribution < -0.4 is 5.73 Å². The second-order valence-corrected chi connectivity index (χ2v) is 2.61. The molecule has 0 unspecified atom stereocenters. The largest absolute Gasteiger partial charge is 0.382 e. The molecule has 12 heavy (non-hydrogen) atoms. The van der Waals surface area contributed by atoms with Gasteiger partial charge in [-0.3, -0.25) is 0 Å².